The number of nitrogens with two attached hydrogens (primary N) is 6. The Hall–Kier alpha value is -6.37. The van der Waals surface area contributed by atoms with Crippen LogP contribution in [-0.4, -0.2) is 51.4 Å². The summed E-state index contributed by atoms with van der Waals surface area (Å²) in [7, 11) is 0. The molecule has 3 aromatic rings. The first-order chi connectivity index (χ1) is 25.0. The molecule has 10 nitrogen and oxygen atoms in total. The van der Waals surface area contributed by atoms with Gasteiger partial charge in [0.25, 0.3) is 0 Å². The second kappa shape index (κ2) is 23.9. The highest BCUT2D eigenvalue weighted by atomic mass is 19.4. The number of terminal acetylenes is 1. The van der Waals surface area contributed by atoms with Crippen LogP contribution < -0.4 is 45.0 Å². The lowest BCUT2D eigenvalue weighted by molar-refractivity contribution is -0.137. The third kappa shape index (κ3) is 16.4. The normalized spacial score (nSPS) is 9.48. The molecule has 0 aliphatic heterocycles. The van der Waals surface area contributed by atoms with E-state index in [1.54, 1.807) is 42.5 Å². The zero-order valence-corrected chi connectivity index (χ0v) is 29.1. The number of hydrogen-bond donors (Lipinski definition) is 8. The fourth-order valence-electron chi connectivity index (χ4n) is 4.11. The average Bonchev–Trinajstić information content (AvgIpc) is 3.13. The molecule has 3 aromatic carbocycles. The highest BCUT2D eigenvalue weighted by molar-refractivity contribution is 5.78. The second-order valence-corrected chi connectivity index (χ2v) is 9.85. The van der Waals surface area contributed by atoms with E-state index in [2.05, 4.69) is 80.8 Å². The number of nitrogens with zero attached hydrogens (tertiary/aromatic N) is 2. The maximum Gasteiger partial charge on any atom is 0.416 e. The molecule has 0 aromatic heterocycles. The minimum Gasteiger partial charge on any atom is -0.370 e. The molecule has 13 heteroatoms. The van der Waals surface area contributed by atoms with Crippen LogP contribution in [-0.2, 0) is 6.18 Å². The molecule has 3 rings (SSSR count). The first-order valence-electron chi connectivity index (χ1n) is 15.7. The van der Waals surface area contributed by atoms with Crippen molar-refractivity contribution in [1.82, 2.24) is 10.6 Å². The molecular weight excluding hydrogens is 665 g/mol. The third-order valence-corrected chi connectivity index (χ3v) is 6.12. The van der Waals surface area contributed by atoms with Gasteiger partial charge in [-0.05, 0) is 76.9 Å². The Kier molecular flexibility index (Phi) is 20.1. The minimum absolute atomic E-state index is 0.0421. The van der Waals surface area contributed by atoms with Gasteiger partial charge in [0.15, 0.2) is 11.9 Å². The van der Waals surface area contributed by atoms with Crippen LogP contribution in [0.5, 0.6) is 0 Å². The number of alkyl halides is 3. The van der Waals surface area contributed by atoms with E-state index in [1.807, 2.05) is 13.8 Å². The second-order valence-electron chi connectivity index (χ2n) is 9.85. The first-order valence-corrected chi connectivity index (χ1v) is 15.7. The minimum atomic E-state index is -4.65. The van der Waals surface area contributed by atoms with Gasteiger partial charge in [-0.2, -0.15) is 13.2 Å². The lowest BCUT2D eigenvalue weighted by Gasteiger charge is -2.14. The Bertz CT molecular complexity index is 1830. The molecule has 0 unspecified atom stereocenters. The van der Waals surface area contributed by atoms with Crippen molar-refractivity contribution in [3.8, 4) is 82.5 Å². The topological polar surface area (TPSA) is 205 Å². The molecule has 0 fully saturated rings. The van der Waals surface area contributed by atoms with Crippen LogP contribution in [0, 0.1) is 60.2 Å². The van der Waals surface area contributed by atoms with Crippen molar-refractivity contribution in [2.45, 2.75) is 20.0 Å². The van der Waals surface area contributed by atoms with Gasteiger partial charge in [-0.15, -0.1) is 12.8 Å². The lowest BCUT2D eigenvalue weighted by atomic mass is 9.92. The molecule has 52 heavy (non-hydrogen) atoms. The number of benzene rings is 3. The maximum atomic E-state index is 14.3. The summed E-state index contributed by atoms with van der Waals surface area (Å²) in [6.07, 6.45) is 3.35. The largest absolute Gasteiger partial charge is 0.416 e. The molecule has 0 saturated heterocycles. The fourth-order valence-corrected chi connectivity index (χ4v) is 4.11. The molecule has 0 spiro atoms. The summed E-state index contributed by atoms with van der Waals surface area (Å²) < 4.78 is 43.0. The molecule has 0 heterocycles. The lowest BCUT2D eigenvalue weighted by Crippen LogP contribution is -2.22. The number of rotatable bonds is 8. The predicted octanol–water partition coefficient (Wildman–Crippen LogP) is 2.28. The van der Waals surface area contributed by atoms with E-state index >= 15 is 0 Å². The van der Waals surface area contributed by atoms with Gasteiger partial charge in [-0.3, -0.25) is 10.6 Å². The molecule has 0 aliphatic carbocycles. The van der Waals surface area contributed by atoms with Gasteiger partial charge in [0.2, 0.25) is 0 Å². The van der Waals surface area contributed by atoms with Gasteiger partial charge in [0.1, 0.15) is 13.1 Å². The van der Waals surface area contributed by atoms with Gasteiger partial charge in [-0.25, -0.2) is 9.98 Å². The summed E-state index contributed by atoms with van der Waals surface area (Å²) in [6.45, 7) is 5.20. The van der Waals surface area contributed by atoms with Crippen molar-refractivity contribution in [1.29, 1.82) is 0 Å². The van der Waals surface area contributed by atoms with Crippen molar-refractivity contribution < 1.29 is 13.2 Å². The van der Waals surface area contributed by atoms with E-state index < -0.39 is 11.7 Å². The fraction of sp³-hybridized carbons (Fsp3) is 0.231. The van der Waals surface area contributed by atoms with E-state index in [1.165, 1.54) is 0 Å². The molecule has 0 aliphatic rings. The van der Waals surface area contributed by atoms with Crippen molar-refractivity contribution in [3.63, 3.8) is 0 Å². The van der Waals surface area contributed by atoms with Crippen molar-refractivity contribution in [2.24, 2.45) is 44.4 Å². The van der Waals surface area contributed by atoms with Gasteiger partial charge in [-0.1, -0.05) is 61.2 Å². The Morgan fingerprint density at radius 2 is 0.904 bits per heavy atom. The smallest absolute Gasteiger partial charge is 0.370 e. The van der Waals surface area contributed by atoms with Gasteiger partial charge in [0.05, 0.1) is 18.7 Å². The number of hydrogen-bond acceptors (Lipinski definition) is 6. The zero-order chi connectivity index (χ0) is 38.9. The summed E-state index contributed by atoms with van der Waals surface area (Å²) >= 11 is 0. The monoisotopic (exact) mass is 708 g/mol. The van der Waals surface area contributed by atoms with Crippen molar-refractivity contribution in [2.75, 3.05) is 39.5 Å². The van der Waals surface area contributed by atoms with Crippen LogP contribution in [0.1, 0.15) is 41.7 Å². The van der Waals surface area contributed by atoms with E-state index in [-0.39, 0.29) is 38.3 Å². The Labute approximate surface area is 304 Å². The van der Waals surface area contributed by atoms with E-state index in [0.717, 1.165) is 12.1 Å². The molecule has 14 N–H and O–H groups in total. The number of aliphatic imine (C=N–C) groups is 2. The molecule has 0 radical (unpaired) electrons. The van der Waals surface area contributed by atoms with Gasteiger partial charge in [0, 0.05) is 35.6 Å². The van der Waals surface area contributed by atoms with Crippen molar-refractivity contribution >= 4 is 11.9 Å². The molecule has 270 valence electrons. The Morgan fingerprint density at radius 3 is 1.21 bits per heavy atom. The van der Waals surface area contributed by atoms with E-state index in [4.69, 9.17) is 34.4 Å². The summed E-state index contributed by atoms with van der Waals surface area (Å²) in [5, 5.41) is 5.80. The quantitative estimate of drug-likeness (QED) is 0.0572. The van der Waals surface area contributed by atoms with Gasteiger partial charge >= 0.3 is 6.18 Å². The number of halogens is 3. The molecule has 0 saturated carbocycles. The number of nitrogens with one attached hydrogen (secondary N) is 2. The summed E-state index contributed by atoms with van der Waals surface area (Å²) in [5.41, 5.74) is 35.2. The zero-order valence-electron chi connectivity index (χ0n) is 29.1. The standard InChI is InChI=1S/C35H35F3N10.C2H6.C2H2/c36-35(37,38)32-20-30(28-15-24(5-1-9-45-22-39)13-26(17-28)7-3-11-47-33(41)42)19-31(21-32)29-16-25(6-2-10-46-23-40)14-27(18-29)8-4-12-48-34(43)44;2*1-2/h13-21,45-46H,9-12,22-23,39-40H2,(H4,41,42,47)(H4,43,44,48);1-2H3;1-2H. The van der Waals surface area contributed by atoms with Crippen LogP contribution in [0.4, 0.5) is 13.2 Å². The molecule has 0 bridgehead atoms. The first kappa shape index (κ1) is 43.7. The Balaban J connectivity index is 0.00000326. The van der Waals surface area contributed by atoms with Crippen molar-refractivity contribution in [3.05, 3.63) is 82.4 Å². The van der Waals surface area contributed by atoms with Crippen LogP contribution >= 0.6 is 0 Å². The highest BCUT2D eigenvalue weighted by Crippen LogP contribution is 2.37. The van der Waals surface area contributed by atoms with Crippen LogP contribution in [0.2, 0.25) is 0 Å². The summed E-state index contributed by atoms with van der Waals surface area (Å²) in [5.74, 6) is 23.3. The van der Waals surface area contributed by atoms with Crippen LogP contribution in [0.15, 0.2) is 64.6 Å². The van der Waals surface area contributed by atoms with E-state index in [0.29, 0.717) is 57.6 Å². The maximum absolute atomic E-state index is 14.3. The Morgan fingerprint density at radius 1 is 0.577 bits per heavy atom. The average molecular weight is 709 g/mol. The van der Waals surface area contributed by atoms with Crippen LogP contribution in [0.25, 0.3) is 22.3 Å². The summed E-state index contributed by atoms with van der Waals surface area (Å²) in [6, 6.07) is 14.0. The molecule has 0 atom stereocenters. The molecule has 0 amide bonds. The summed E-state index contributed by atoms with van der Waals surface area (Å²) in [4.78, 5) is 7.70. The highest BCUT2D eigenvalue weighted by Gasteiger charge is 2.31. The third-order valence-electron chi connectivity index (χ3n) is 6.12. The predicted molar refractivity (Wildman–Crippen MR) is 207 cm³/mol. The SMILES string of the molecule is C#C.CC.NCNCC#Cc1cc(C#CCN=C(N)N)cc(-c2cc(-c3cc(C#CCN=C(N)N)cc(C#CCNCN)c3)cc(C(F)(F)F)c2)c1. The van der Waals surface area contributed by atoms with Crippen LogP contribution in [0.3, 0.4) is 0 Å². The molecular formula is C39H43F3N10. The van der Waals surface area contributed by atoms with E-state index in [9.17, 15) is 13.2 Å². The number of guanidine groups is 2. The van der Waals surface area contributed by atoms with Gasteiger partial charge < -0.3 is 34.4 Å².